The van der Waals surface area contributed by atoms with Gasteiger partial charge in [-0.05, 0) is 24.1 Å². The Bertz CT molecular complexity index is 545. The number of benzene rings is 1. The first-order valence-corrected chi connectivity index (χ1v) is 7.20. The second-order valence-electron chi connectivity index (χ2n) is 4.56. The first-order valence-electron chi connectivity index (χ1n) is 6.41. The average molecular weight is 323 g/mol. The Balaban J connectivity index is 2.09. The number of nitrogens with one attached hydrogen (secondary N) is 1. The zero-order valence-electron chi connectivity index (χ0n) is 11.3. The molecule has 4 nitrogen and oxygen atoms in total. The Hall–Kier alpha value is -1.49. The molecule has 5 heteroatoms. The van der Waals surface area contributed by atoms with Gasteiger partial charge in [0.25, 0.3) is 0 Å². The van der Waals surface area contributed by atoms with Crippen LogP contribution >= 0.6 is 15.9 Å². The second-order valence-corrected chi connectivity index (χ2v) is 5.48. The molecule has 0 unspecified atom stereocenters. The number of halogens is 1. The van der Waals surface area contributed by atoms with Crippen LogP contribution in [-0.2, 0) is 20.0 Å². The van der Waals surface area contributed by atoms with E-state index in [1.54, 1.807) is 0 Å². The van der Waals surface area contributed by atoms with E-state index in [0.29, 0.717) is 0 Å². The van der Waals surface area contributed by atoms with Gasteiger partial charge in [0.1, 0.15) is 5.82 Å². The molecule has 19 heavy (non-hydrogen) atoms. The van der Waals surface area contributed by atoms with E-state index in [-0.39, 0.29) is 0 Å². The number of nitrogens with zero attached hydrogens (tertiary/aromatic N) is 2. The zero-order chi connectivity index (χ0) is 13.8. The summed E-state index contributed by atoms with van der Waals surface area (Å²) < 4.78 is 2.90. The van der Waals surface area contributed by atoms with Crippen LogP contribution < -0.4 is 11.1 Å². The summed E-state index contributed by atoms with van der Waals surface area (Å²) in [6.45, 7) is 2.87. The van der Waals surface area contributed by atoms with Gasteiger partial charge in [-0.1, -0.05) is 41.4 Å². The van der Waals surface area contributed by atoms with Gasteiger partial charge in [0.2, 0.25) is 0 Å². The van der Waals surface area contributed by atoms with Gasteiger partial charge in [0, 0.05) is 18.1 Å². The number of hydrogen-bond donors (Lipinski definition) is 2. The van der Waals surface area contributed by atoms with E-state index in [4.69, 9.17) is 5.73 Å². The Kier molecular flexibility index (Phi) is 4.47. The largest absolute Gasteiger partial charge is 0.394 e. The van der Waals surface area contributed by atoms with Crippen molar-refractivity contribution in [1.29, 1.82) is 0 Å². The molecule has 0 spiro atoms. The topological polar surface area (TPSA) is 55.9 Å². The molecule has 0 aliphatic carbocycles. The molecule has 2 aromatic rings. The molecule has 1 aromatic heterocycles. The molecule has 0 atom stereocenters. The van der Waals surface area contributed by atoms with Gasteiger partial charge in [-0.2, -0.15) is 5.10 Å². The maximum Gasteiger partial charge on any atom is 0.148 e. The minimum absolute atomic E-state index is 0.739. The second kappa shape index (κ2) is 6.10. The monoisotopic (exact) mass is 322 g/mol. The van der Waals surface area contributed by atoms with Crippen LogP contribution in [0.5, 0.6) is 0 Å². The van der Waals surface area contributed by atoms with Crippen LogP contribution in [0.2, 0.25) is 0 Å². The molecule has 2 rings (SSSR count). The molecule has 0 bridgehead atoms. The Morgan fingerprint density at radius 1 is 1.32 bits per heavy atom. The zero-order valence-corrected chi connectivity index (χ0v) is 12.9. The summed E-state index contributed by atoms with van der Waals surface area (Å²) in [6.07, 6.45) is 1.97. The highest BCUT2D eigenvalue weighted by atomic mass is 79.9. The van der Waals surface area contributed by atoms with Crippen LogP contribution in [0.4, 0.5) is 11.5 Å². The van der Waals surface area contributed by atoms with Gasteiger partial charge in [-0.3, -0.25) is 4.68 Å². The summed E-state index contributed by atoms with van der Waals surface area (Å²) >= 11 is 3.43. The fraction of sp³-hybridized carbons (Fsp3) is 0.357. The van der Waals surface area contributed by atoms with Crippen LogP contribution in [0.25, 0.3) is 0 Å². The first kappa shape index (κ1) is 13.9. The van der Waals surface area contributed by atoms with Crippen molar-refractivity contribution >= 4 is 27.4 Å². The molecule has 0 radical (unpaired) electrons. The van der Waals surface area contributed by atoms with E-state index in [2.05, 4.69) is 45.4 Å². The minimum atomic E-state index is 0.739. The number of nitrogens with two attached hydrogens (primary N) is 1. The van der Waals surface area contributed by atoms with Gasteiger partial charge >= 0.3 is 0 Å². The summed E-state index contributed by atoms with van der Waals surface area (Å²) in [5.41, 5.74) is 9.07. The van der Waals surface area contributed by atoms with Crippen molar-refractivity contribution in [3.8, 4) is 0 Å². The summed E-state index contributed by atoms with van der Waals surface area (Å²) in [4.78, 5) is 0. The fourth-order valence-electron chi connectivity index (χ4n) is 2.02. The highest BCUT2D eigenvalue weighted by molar-refractivity contribution is 9.10. The fourth-order valence-corrected chi connectivity index (χ4v) is 2.28. The highest BCUT2D eigenvalue weighted by Crippen LogP contribution is 2.23. The van der Waals surface area contributed by atoms with Crippen LogP contribution in [0.1, 0.15) is 24.6 Å². The molecule has 1 aromatic carbocycles. The summed E-state index contributed by atoms with van der Waals surface area (Å²) in [7, 11) is 1.92. The van der Waals surface area contributed by atoms with Crippen molar-refractivity contribution in [3.05, 3.63) is 40.0 Å². The summed E-state index contributed by atoms with van der Waals surface area (Å²) in [6, 6.07) is 8.23. The van der Waals surface area contributed by atoms with Gasteiger partial charge in [0.05, 0.1) is 11.4 Å². The van der Waals surface area contributed by atoms with E-state index in [9.17, 15) is 0 Å². The third-order valence-electron chi connectivity index (χ3n) is 3.02. The van der Waals surface area contributed by atoms with Gasteiger partial charge in [0.15, 0.2) is 0 Å². The van der Waals surface area contributed by atoms with Gasteiger partial charge in [-0.25, -0.2) is 0 Å². The van der Waals surface area contributed by atoms with Gasteiger partial charge in [-0.15, -0.1) is 0 Å². The van der Waals surface area contributed by atoms with Crippen molar-refractivity contribution < 1.29 is 0 Å². The lowest BCUT2D eigenvalue weighted by Crippen LogP contribution is -2.06. The Labute approximate surface area is 122 Å². The Morgan fingerprint density at radius 2 is 2.00 bits per heavy atom. The Morgan fingerprint density at radius 3 is 2.63 bits per heavy atom. The molecular formula is C14H19BrN4. The average Bonchev–Trinajstić information content (AvgIpc) is 2.65. The summed E-state index contributed by atoms with van der Waals surface area (Å²) in [5, 5.41) is 7.80. The molecule has 1 heterocycles. The number of anilines is 2. The van der Waals surface area contributed by atoms with Crippen molar-refractivity contribution in [3.63, 3.8) is 0 Å². The van der Waals surface area contributed by atoms with Crippen LogP contribution in [0.15, 0.2) is 28.7 Å². The smallest absolute Gasteiger partial charge is 0.148 e. The molecule has 0 aliphatic heterocycles. The quantitative estimate of drug-likeness (QED) is 0.887. The first-order chi connectivity index (χ1) is 9.11. The third-order valence-corrected chi connectivity index (χ3v) is 3.55. The number of nitrogen functional groups attached to an aromatic ring is 1. The van der Waals surface area contributed by atoms with Crippen LogP contribution in [0.3, 0.4) is 0 Å². The van der Waals surface area contributed by atoms with E-state index < -0.39 is 0 Å². The predicted octanol–water partition coefficient (Wildman–Crippen LogP) is 3.33. The third kappa shape index (κ3) is 3.29. The molecule has 102 valence electrons. The normalized spacial score (nSPS) is 10.7. The lowest BCUT2D eigenvalue weighted by atomic mass is 10.2. The number of hydrogen-bond acceptors (Lipinski definition) is 3. The lowest BCUT2D eigenvalue weighted by Gasteiger charge is -2.08. The molecule has 0 amide bonds. The van der Waals surface area contributed by atoms with E-state index in [0.717, 1.165) is 41.1 Å². The lowest BCUT2D eigenvalue weighted by molar-refractivity contribution is 0.735. The van der Waals surface area contributed by atoms with Crippen molar-refractivity contribution in [1.82, 2.24) is 9.78 Å². The van der Waals surface area contributed by atoms with E-state index in [1.165, 1.54) is 5.56 Å². The van der Waals surface area contributed by atoms with Crippen LogP contribution in [-0.4, -0.2) is 9.78 Å². The summed E-state index contributed by atoms with van der Waals surface area (Å²) in [5.74, 6) is 0.895. The van der Waals surface area contributed by atoms with Crippen molar-refractivity contribution in [2.45, 2.75) is 26.3 Å². The minimum Gasteiger partial charge on any atom is -0.394 e. The molecule has 3 N–H and O–H groups in total. The number of aromatic nitrogens is 2. The molecule has 0 fully saturated rings. The number of rotatable bonds is 5. The van der Waals surface area contributed by atoms with Gasteiger partial charge < -0.3 is 11.1 Å². The molecule has 0 aliphatic rings. The molecule has 0 saturated heterocycles. The number of aryl methyl sites for hydroxylation is 2. The van der Waals surface area contributed by atoms with Crippen LogP contribution in [0, 0.1) is 0 Å². The maximum absolute atomic E-state index is 6.13. The molecule has 0 saturated carbocycles. The predicted molar refractivity (Wildman–Crippen MR) is 83.1 cm³/mol. The SMILES string of the molecule is CCCc1nn(C)c(NCc2ccc(Br)cc2)c1N. The van der Waals surface area contributed by atoms with E-state index in [1.807, 2.05) is 23.9 Å². The highest BCUT2D eigenvalue weighted by Gasteiger charge is 2.11. The standard InChI is InChI=1S/C14H19BrN4/c1-3-4-12-13(16)14(19(2)18-12)17-9-10-5-7-11(15)8-6-10/h5-8,17H,3-4,9,16H2,1-2H3. The van der Waals surface area contributed by atoms with E-state index >= 15 is 0 Å². The van der Waals surface area contributed by atoms with Crippen molar-refractivity contribution in [2.24, 2.45) is 7.05 Å². The van der Waals surface area contributed by atoms with Crippen molar-refractivity contribution in [2.75, 3.05) is 11.1 Å². The maximum atomic E-state index is 6.13. The molecular weight excluding hydrogens is 304 g/mol.